The van der Waals surface area contributed by atoms with Gasteiger partial charge in [0, 0.05) is 32.5 Å². The number of nitrogens with zero attached hydrogens (tertiary/aromatic N) is 4. The molecule has 5 nitrogen and oxygen atoms in total. The van der Waals surface area contributed by atoms with Crippen LogP contribution in [0.5, 0.6) is 0 Å². The summed E-state index contributed by atoms with van der Waals surface area (Å²) >= 11 is 1.75. The zero-order valence-electron chi connectivity index (χ0n) is 11.8. The molecule has 0 fully saturated rings. The van der Waals surface area contributed by atoms with E-state index in [1.807, 2.05) is 19.0 Å². The van der Waals surface area contributed by atoms with E-state index in [-0.39, 0.29) is 6.61 Å². The Morgan fingerprint density at radius 1 is 1.22 bits per heavy atom. The molecular weight excluding hydrogens is 248 g/mol. The van der Waals surface area contributed by atoms with Gasteiger partial charge in [-0.3, -0.25) is 4.57 Å². The Hall–Kier alpha value is -0.750. The Morgan fingerprint density at radius 2 is 1.94 bits per heavy atom. The average molecular weight is 272 g/mol. The molecule has 1 N–H and O–H groups in total. The summed E-state index contributed by atoms with van der Waals surface area (Å²) in [5, 5.41) is 18.2. The Labute approximate surface area is 114 Å². The molecular formula is C12H24N4OS. The first-order valence-electron chi connectivity index (χ1n) is 6.43. The van der Waals surface area contributed by atoms with Crippen LogP contribution >= 0.6 is 11.8 Å². The highest BCUT2D eigenvalue weighted by molar-refractivity contribution is 7.99. The largest absolute Gasteiger partial charge is 0.396 e. The number of unbranched alkanes of at least 4 members (excludes halogenated alkanes) is 2. The van der Waals surface area contributed by atoms with Crippen molar-refractivity contribution < 1.29 is 5.11 Å². The number of aliphatic hydroxyl groups excluding tert-OH is 1. The van der Waals surface area contributed by atoms with Crippen molar-refractivity contribution in [1.82, 2.24) is 14.8 Å². The highest BCUT2D eigenvalue weighted by atomic mass is 32.2. The van der Waals surface area contributed by atoms with E-state index in [0.717, 1.165) is 36.1 Å². The van der Waals surface area contributed by atoms with Crippen molar-refractivity contribution in [3.63, 3.8) is 0 Å². The zero-order valence-corrected chi connectivity index (χ0v) is 12.6. The number of hydrogen-bond donors (Lipinski definition) is 1. The van der Waals surface area contributed by atoms with E-state index in [0.29, 0.717) is 6.04 Å². The van der Waals surface area contributed by atoms with Gasteiger partial charge < -0.3 is 10.0 Å². The normalized spacial score (nSPS) is 11.2. The molecule has 18 heavy (non-hydrogen) atoms. The Bertz CT molecular complexity index is 352. The lowest BCUT2D eigenvalue weighted by Crippen LogP contribution is -2.17. The molecule has 0 aromatic carbocycles. The highest BCUT2D eigenvalue weighted by Crippen LogP contribution is 2.25. The second kappa shape index (κ2) is 7.63. The van der Waals surface area contributed by atoms with Gasteiger partial charge in [-0.05, 0) is 26.7 Å². The quantitative estimate of drug-likeness (QED) is 0.580. The fourth-order valence-corrected chi connectivity index (χ4v) is 2.74. The van der Waals surface area contributed by atoms with Gasteiger partial charge in [-0.2, -0.15) is 0 Å². The Kier molecular flexibility index (Phi) is 6.49. The molecule has 0 unspecified atom stereocenters. The molecule has 0 bridgehead atoms. The minimum absolute atomic E-state index is 0.289. The lowest BCUT2D eigenvalue weighted by atomic mass is 10.3. The van der Waals surface area contributed by atoms with Crippen LogP contribution in [0, 0.1) is 0 Å². The minimum atomic E-state index is 0.289. The van der Waals surface area contributed by atoms with Crippen LogP contribution < -0.4 is 4.90 Å². The predicted molar refractivity (Wildman–Crippen MR) is 76.4 cm³/mol. The summed E-state index contributed by atoms with van der Waals surface area (Å²) in [6.07, 6.45) is 3.06. The van der Waals surface area contributed by atoms with Crippen molar-refractivity contribution in [2.75, 3.05) is 31.4 Å². The molecule has 1 rings (SSSR count). The second-order valence-corrected chi connectivity index (χ2v) is 5.84. The van der Waals surface area contributed by atoms with E-state index in [1.54, 1.807) is 11.8 Å². The van der Waals surface area contributed by atoms with Crippen LogP contribution in [0.3, 0.4) is 0 Å². The third-order valence-electron chi connectivity index (χ3n) is 2.60. The molecule has 0 atom stereocenters. The first-order valence-corrected chi connectivity index (χ1v) is 7.42. The minimum Gasteiger partial charge on any atom is -0.396 e. The standard InChI is InChI=1S/C12H24N4OS/c1-10(2)16-11(15(3)4)13-14-12(16)18-9-7-5-6-8-17/h10,17H,5-9H2,1-4H3. The molecule has 0 aliphatic rings. The fourth-order valence-electron chi connectivity index (χ4n) is 1.68. The van der Waals surface area contributed by atoms with Gasteiger partial charge in [0.15, 0.2) is 5.16 Å². The molecule has 0 spiro atoms. The molecule has 0 amide bonds. The zero-order chi connectivity index (χ0) is 13.5. The van der Waals surface area contributed by atoms with Crippen molar-refractivity contribution in [3.8, 4) is 0 Å². The average Bonchev–Trinajstić information content (AvgIpc) is 2.72. The number of anilines is 1. The molecule has 6 heteroatoms. The van der Waals surface area contributed by atoms with Crippen LogP contribution in [-0.2, 0) is 0 Å². The lowest BCUT2D eigenvalue weighted by Gasteiger charge is -2.17. The van der Waals surface area contributed by atoms with E-state index in [1.165, 1.54) is 0 Å². The van der Waals surface area contributed by atoms with Crippen LogP contribution in [0.4, 0.5) is 5.95 Å². The molecule has 0 saturated heterocycles. The van der Waals surface area contributed by atoms with E-state index in [9.17, 15) is 0 Å². The summed E-state index contributed by atoms with van der Waals surface area (Å²) in [7, 11) is 3.97. The monoisotopic (exact) mass is 272 g/mol. The van der Waals surface area contributed by atoms with Crippen LogP contribution in [-0.4, -0.2) is 46.3 Å². The van der Waals surface area contributed by atoms with E-state index >= 15 is 0 Å². The van der Waals surface area contributed by atoms with Gasteiger partial charge in [-0.25, -0.2) is 0 Å². The third-order valence-corrected chi connectivity index (χ3v) is 3.63. The van der Waals surface area contributed by atoms with Crippen molar-refractivity contribution >= 4 is 17.7 Å². The van der Waals surface area contributed by atoms with Gasteiger partial charge in [-0.15, -0.1) is 10.2 Å². The van der Waals surface area contributed by atoms with Crippen molar-refractivity contribution in [2.24, 2.45) is 0 Å². The van der Waals surface area contributed by atoms with Crippen LogP contribution in [0.15, 0.2) is 5.16 Å². The number of aliphatic hydroxyl groups is 1. The maximum atomic E-state index is 8.73. The predicted octanol–water partition coefficient (Wildman–Crippen LogP) is 2.18. The first kappa shape index (κ1) is 15.3. The van der Waals surface area contributed by atoms with Crippen molar-refractivity contribution in [3.05, 3.63) is 0 Å². The van der Waals surface area contributed by atoms with Crippen LogP contribution in [0.2, 0.25) is 0 Å². The maximum Gasteiger partial charge on any atom is 0.227 e. The molecule has 0 aliphatic carbocycles. The highest BCUT2D eigenvalue weighted by Gasteiger charge is 2.16. The first-order chi connectivity index (χ1) is 8.57. The van der Waals surface area contributed by atoms with E-state index < -0.39 is 0 Å². The lowest BCUT2D eigenvalue weighted by molar-refractivity contribution is 0.284. The summed E-state index contributed by atoms with van der Waals surface area (Å²) in [6, 6.07) is 0.359. The van der Waals surface area contributed by atoms with Crippen LogP contribution in [0.1, 0.15) is 39.2 Å². The summed E-state index contributed by atoms with van der Waals surface area (Å²) in [6.45, 7) is 4.58. The Balaban J connectivity index is 2.59. The number of rotatable bonds is 8. The summed E-state index contributed by atoms with van der Waals surface area (Å²) < 4.78 is 2.16. The van der Waals surface area contributed by atoms with Gasteiger partial charge in [0.25, 0.3) is 0 Å². The fraction of sp³-hybridized carbons (Fsp3) is 0.833. The van der Waals surface area contributed by atoms with Gasteiger partial charge >= 0.3 is 0 Å². The smallest absolute Gasteiger partial charge is 0.227 e. The van der Waals surface area contributed by atoms with Gasteiger partial charge in [0.1, 0.15) is 0 Å². The summed E-state index contributed by atoms with van der Waals surface area (Å²) in [4.78, 5) is 1.99. The SMILES string of the molecule is CC(C)n1c(SCCCCCO)nnc1N(C)C. The molecule has 1 heterocycles. The van der Waals surface area contributed by atoms with Crippen molar-refractivity contribution in [1.29, 1.82) is 0 Å². The molecule has 1 aromatic heterocycles. The number of hydrogen-bond acceptors (Lipinski definition) is 5. The Morgan fingerprint density at radius 3 is 2.50 bits per heavy atom. The van der Waals surface area contributed by atoms with Crippen molar-refractivity contribution in [2.45, 2.75) is 44.3 Å². The third kappa shape index (κ3) is 4.17. The van der Waals surface area contributed by atoms with E-state index in [2.05, 4.69) is 28.6 Å². The number of thioether (sulfide) groups is 1. The summed E-state index contributed by atoms with van der Waals surface area (Å²) in [5.41, 5.74) is 0. The molecule has 104 valence electrons. The molecule has 0 saturated carbocycles. The molecule has 1 aromatic rings. The topological polar surface area (TPSA) is 54.2 Å². The van der Waals surface area contributed by atoms with Crippen LogP contribution in [0.25, 0.3) is 0 Å². The van der Waals surface area contributed by atoms with E-state index in [4.69, 9.17) is 5.11 Å². The maximum absolute atomic E-state index is 8.73. The van der Waals surface area contributed by atoms with Gasteiger partial charge in [0.2, 0.25) is 5.95 Å². The van der Waals surface area contributed by atoms with Gasteiger partial charge in [-0.1, -0.05) is 18.2 Å². The number of aromatic nitrogens is 3. The van der Waals surface area contributed by atoms with Gasteiger partial charge in [0.05, 0.1) is 0 Å². The summed E-state index contributed by atoms with van der Waals surface area (Å²) in [5.74, 6) is 1.93. The molecule has 0 aliphatic heterocycles. The molecule has 0 radical (unpaired) electrons. The second-order valence-electron chi connectivity index (χ2n) is 4.77.